The van der Waals surface area contributed by atoms with Gasteiger partial charge in [-0.2, -0.15) is 0 Å². The third-order valence-corrected chi connectivity index (χ3v) is 2.91. The van der Waals surface area contributed by atoms with Gasteiger partial charge in [-0.3, -0.25) is 0 Å². The quantitative estimate of drug-likeness (QED) is 0.892. The lowest BCUT2D eigenvalue weighted by Crippen LogP contribution is -2.09. The van der Waals surface area contributed by atoms with Crippen LogP contribution in [-0.4, -0.2) is 16.1 Å². The predicted octanol–water partition coefficient (Wildman–Crippen LogP) is 3.08. The van der Waals surface area contributed by atoms with Crippen LogP contribution in [0.1, 0.15) is 28.5 Å². The largest absolute Gasteiger partial charge is 0.478 e. The molecule has 0 saturated carbocycles. The Hall–Kier alpha value is -2.04. The molecule has 2 rings (SSSR count). The van der Waals surface area contributed by atoms with Crippen LogP contribution in [0.5, 0.6) is 0 Å². The maximum atomic E-state index is 13.8. The summed E-state index contributed by atoms with van der Waals surface area (Å²) in [6.07, 6.45) is 0.395. The highest BCUT2D eigenvalue weighted by molar-refractivity contribution is 6.04. The zero-order valence-corrected chi connectivity index (χ0v) is 9.92. The normalized spacial score (nSPS) is 10.9. The van der Waals surface area contributed by atoms with E-state index in [4.69, 9.17) is 0 Å². The van der Waals surface area contributed by atoms with Gasteiger partial charge < -0.3 is 5.11 Å². The molecule has 0 bridgehead atoms. The number of benzene rings is 1. The Morgan fingerprint density at radius 2 is 1.94 bits per heavy atom. The number of aromatic carboxylic acids is 1. The maximum Gasteiger partial charge on any atom is 0.336 e. The number of hydrogen-bond acceptors (Lipinski definition) is 2. The molecule has 0 radical (unpaired) electrons. The number of aromatic nitrogens is 1. The van der Waals surface area contributed by atoms with E-state index in [1.54, 1.807) is 13.8 Å². The van der Waals surface area contributed by atoms with Crippen molar-refractivity contribution in [2.75, 3.05) is 0 Å². The highest BCUT2D eigenvalue weighted by Crippen LogP contribution is 2.28. The SMILES string of the molecule is CCc1c(C)nc2c(F)ccc(F)c2c1C(=O)O. The van der Waals surface area contributed by atoms with Gasteiger partial charge in [-0.1, -0.05) is 6.92 Å². The highest BCUT2D eigenvalue weighted by atomic mass is 19.1. The Labute approximate surface area is 102 Å². The molecule has 2 aromatic rings. The molecule has 0 spiro atoms. The Kier molecular flexibility index (Phi) is 2.98. The molecule has 1 aromatic heterocycles. The van der Waals surface area contributed by atoms with Crippen LogP contribution in [0.3, 0.4) is 0 Å². The first kappa shape index (κ1) is 12.4. The molecule has 94 valence electrons. The van der Waals surface area contributed by atoms with E-state index in [1.165, 1.54) is 0 Å². The fraction of sp³-hybridized carbons (Fsp3) is 0.231. The summed E-state index contributed by atoms with van der Waals surface area (Å²) in [5.41, 5.74) is 0.408. The molecule has 0 fully saturated rings. The first-order chi connectivity index (χ1) is 8.47. The third-order valence-electron chi connectivity index (χ3n) is 2.91. The lowest BCUT2D eigenvalue weighted by atomic mass is 9.98. The van der Waals surface area contributed by atoms with Gasteiger partial charge in [0.25, 0.3) is 0 Å². The number of aryl methyl sites for hydroxylation is 1. The molecule has 0 unspecified atom stereocenters. The lowest BCUT2D eigenvalue weighted by molar-refractivity contribution is 0.0697. The van der Waals surface area contributed by atoms with Crippen LogP contribution in [0.25, 0.3) is 10.9 Å². The minimum atomic E-state index is -1.27. The van der Waals surface area contributed by atoms with E-state index in [1.807, 2.05) is 0 Å². The van der Waals surface area contributed by atoms with E-state index < -0.39 is 17.6 Å². The van der Waals surface area contributed by atoms with Gasteiger partial charge in [0.15, 0.2) is 0 Å². The fourth-order valence-corrected chi connectivity index (χ4v) is 2.12. The monoisotopic (exact) mass is 251 g/mol. The van der Waals surface area contributed by atoms with E-state index in [9.17, 15) is 18.7 Å². The molecule has 0 aliphatic rings. The summed E-state index contributed by atoms with van der Waals surface area (Å²) in [5, 5.41) is 8.96. The van der Waals surface area contributed by atoms with Crippen LogP contribution in [-0.2, 0) is 6.42 Å². The van der Waals surface area contributed by atoms with Gasteiger partial charge in [-0.25, -0.2) is 18.6 Å². The van der Waals surface area contributed by atoms with Gasteiger partial charge >= 0.3 is 5.97 Å². The first-order valence-corrected chi connectivity index (χ1v) is 5.47. The average Bonchev–Trinajstić information content (AvgIpc) is 2.32. The molecule has 0 aliphatic carbocycles. The van der Waals surface area contributed by atoms with Crippen molar-refractivity contribution in [1.82, 2.24) is 4.98 Å². The standard InChI is InChI=1S/C13H11F2NO2/c1-3-7-6(2)16-12-9(15)5-4-8(14)11(12)10(7)13(17)18/h4-5H,3H2,1-2H3,(H,17,18). The van der Waals surface area contributed by atoms with Gasteiger partial charge in [0, 0.05) is 5.69 Å². The number of nitrogens with zero attached hydrogens (tertiary/aromatic N) is 1. The average molecular weight is 251 g/mol. The summed E-state index contributed by atoms with van der Waals surface area (Å²) < 4.78 is 27.4. The third kappa shape index (κ3) is 1.72. The second-order valence-electron chi connectivity index (χ2n) is 3.96. The van der Waals surface area contributed by atoms with Crippen LogP contribution in [0, 0.1) is 18.6 Å². The molecular weight excluding hydrogens is 240 g/mol. The minimum Gasteiger partial charge on any atom is -0.478 e. The van der Waals surface area contributed by atoms with Gasteiger partial charge in [0.2, 0.25) is 0 Å². The molecule has 0 atom stereocenters. The van der Waals surface area contributed by atoms with Gasteiger partial charge in [-0.05, 0) is 31.0 Å². The number of carbonyl (C=O) groups is 1. The molecular formula is C13H11F2NO2. The number of hydrogen-bond donors (Lipinski definition) is 1. The van der Waals surface area contributed by atoms with Crippen molar-refractivity contribution >= 4 is 16.9 Å². The number of rotatable bonds is 2. The topological polar surface area (TPSA) is 50.2 Å². The second kappa shape index (κ2) is 4.33. The van der Waals surface area contributed by atoms with Gasteiger partial charge in [0.05, 0.1) is 10.9 Å². The summed E-state index contributed by atoms with van der Waals surface area (Å²) in [5.74, 6) is -2.77. The summed E-state index contributed by atoms with van der Waals surface area (Å²) >= 11 is 0. The van der Waals surface area contributed by atoms with Crippen molar-refractivity contribution in [2.45, 2.75) is 20.3 Å². The number of carboxylic acid groups (broad SMARTS) is 1. The number of fused-ring (bicyclic) bond motifs is 1. The molecule has 3 nitrogen and oxygen atoms in total. The van der Waals surface area contributed by atoms with E-state index in [2.05, 4.69) is 4.98 Å². The summed E-state index contributed by atoms with van der Waals surface area (Å²) in [6, 6.07) is 1.86. The van der Waals surface area contributed by atoms with Crippen LogP contribution in [0.2, 0.25) is 0 Å². The Morgan fingerprint density at radius 1 is 1.33 bits per heavy atom. The molecule has 0 amide bonds. The molecule has 1 heterocycles. The smallest absolute Gasteiger partial charge is 0.336 e. The summed E-state index contributed by atoms with van der Waals surface area (Å²) in [4.78, 5) is 15.3. The Bertz CT molecular complexity index is 653. The van der Waals surface area contributed by atoms with Crippen LogP contribution in [0.15, 0.2) is 12.1 Å². The zero-order valence-electron chi connectivity index (χ0n) is 9.92. The lowest BCUT2D eigenvalue weighted by Gasteiger charge is -2.12. The number of halogens is 2. The van der Waals surface area contributed by atoms with Gasteiger partial charge in [0.1, 0.15) is 17.2 Å². The van der Waals surface area contributed by atoms with Crippen LogP contribution >= 0.6 is 0 Å². The van der Waals surface area contributed by atoms with Crippen molar-refractivity contribution in [1.29, 1.82) is 0 Å². The molecule has 1 N–H and O–H groups in total. The molecule has 5 heteroatoms. The van der Waals surface area contributed by atoms with E-state index in [0.29, 0.717) is 17.7 Å². The first-order valence-electron chi connectivity index (χ1n) is 5.47. The van der Waals surface area contributed by atoms with Crippen molar-refractivity contribution < 1.29 is 18.7 Å². The second-order valence-corrected chi connectivity index (χ2v) is 3.96. The van der Waals surface area contributed by atoms with Crippen LogP contribution < -0.4 is 0 Å². The molecule has 18 heavy (non-hydrogen) atoms. The molecule has 1 aromatic carbocycles. The zero-order chi connectivity index (χ0) is 13.4. The van der Waals surface area contributed by atoms with Crippen molar-refractivity contribution in [3.8, 4) is 0 Å². The van der Waals surface area contributed by atoms with Crippen molar-refractivity contribution in [3.05, 3.63) is 40.6 Å². The number of carboxylic acids is 1. The number of pyridine rings is 1. The molecule has 0 saturated heterocycles. The van der Waals surface area contributed by atoms with Crippen LogP contribution in [0.4, 0.5) is 8.78 Å². The molecule has 0 aliphatic heterocycles. The minimum absolute atomic E-state index is 0.197. The van der Waals surface area contributed by atoms with E-state index in [0.717, 1.165) is 12.1 Å². The summed E-state index contributed by atoms with van der Waals surface area (Å²) in [6.45, 7) is 3.34. The predicted molar refractivity (Wildman–Crippen MR) is 62.7 cm³/mol. The Balaban J connectivity index is 3.06. The van der Waals surface area contributed by atoms with E-state index >= 15 is 0 Å². The van der Waals surface area contributed by atoms with Crippen molar-refractivity contribution in [3.63, 3.8) is 0 Å². The Morgan fingerprint density at radius 3 is 2.50 bits per heavy atom. The summed E-state index contributed by atoms with van der Waals surface area (Å²) in [7, 11) is 0. The maximum absolute atomic E-state index is 13.8. The van der Waals surface area contributed by atoms with Gasteiger partial charge in [-0.15, -0.1) is 0 Å². The highest BCUT2D eigenvalue weighted by Gasteiger charge is 2.21. The van der Waals surface area contributed by atoms with Crippen molar-refractivity contribution in [2.24, 2.45) is 0 Å². The fourth-order valence-electron chi connectivity index (χ4n) is 2.12. The van der Waals surface area contributed by atoms with E-state index in [-0.39, 0.29) is 16.5 Å².